The molecule has 2 aliphatic heterocycles. The SMILES string of the molecule is CC(C)(C)OC(=O)n1c(CNC(=O)[C@@H]2CC3(CN2C(=O)CNC(=O)c2ccc4c(c2)-c2ccccc2C4(F)F)OCCO3)cc2ccncc21. The second kappa shape index (κ2) is 12.3. The zero-order chi connectivity index (χ0) is 35.4. The zero-order valence-corrected chi connectivity index (χ0v) is 27.6. The lowest BCUT2D eigenvalue weighted by Gasteiger charge is -2.24. The first kappa shape index (κ1) is 33.3. The molecule has 1 atom stereocenters. The summed E-state index contributed by atoms with van der Waals surface area (Å²) < 4.78 is 48.6. The van der Waals surface area contributed by atoms with Gasteiger partial charge in [0.25, 0.3) is 11.8 Å². The Morgan fingerprint density at radius 2 is 1.72 bits per heavy atom. The van der Waals surface area contributed by atoms with Crippen LogP contribution in [0, 0.1) is 0 Å². The number of benzene rings is 2. The van der Waals surface area contributed by atoms with Crippen LogP contribution in [0.5, 0.6) is 0 Å². The lowest BCUT2D eigenvalue weighted by molar-refractivity contribution is -0.152. The monoisotopic (exact) mass is 687 g/mol. The van der Waals surface area contributed by atoms with Crippen molar-refractivity contribution >= 4 is 34.7 Å². The second-order valence-electron chi connectivity index (χ2n) is 13.5. The molecule has 4 aromatic rings. The number of rotatable bonds is 6. The topological polar surface area (TPSA) is 141 Å². The highest BCUT2D eigenvalue weighted by atomic mass is 19.3. The molecule has 1 aliphatic carbocycles. The summed E-state index contributed by atoms with van der Waals surface area (Å²) in [7, 11) is 0. The van der Waals surface area contributed by atoms with Gasteiger partial charge >= 0.3 is 6.09 Å². The highest BCUT2D eigenvalue weighted by Crippen LogP contribution is 2.51. The average molecular weight is 688 g/mol. The number of halogens is 2. The molecule has 2 fully saturated rings. The molecule has 0 saturated carbocycles. The van der Waals surface area contributed by atoms with Crippen LogP contribution < -0.4 is 10.6 Å². The number of ether oxygens (including phenoxy) is 3. The Bertz CT molecular complexity index is 2030. The molecule has 12 nitrogen and oxygen atoms in total. The van der Waals surface area contributed by atoms with Crippen LogP contribution in [0.15, 0.2) is 67.0 Å². The number of hydrogen-bond acceptors (Lipinski definition) is 8. The number of fused-ring (bicyclic) bond motifs is 4. The molecule has 1 spiro atoms. The van der Waals surface area contributed by atoms with Crippen LogP contribution in [0.3, 0.4) is 0 Å². The molecule has 2 saturated heterocycles. The summed E-state index contributed by atoms with van der Waals surface area (Å²) in [5, 5.41) is 6.13. The van der Waals surface area contributed by atoms with Crippen LogP contribution >= 0.6 is 0 Å². The number of aromatic nitrogens is 2. The first-order valence-corrected chi connectivity index (χ1v) is 16.2. The number of amides is 3. The number of pyridine rings is 1. The third-order valence-electron chi connectivity index (χ3n) is 9.01. The van der Waals surface area contributed by atoms with E-state index >= 15 is 8.78 Å². The Kier molecular flexibility index (Phi) is 8.18. The van der Waals surface area contributed by atoms with Crippen LogP contribution in [-0.4, -0.2) is 82.0 Å². The summed E-state index contributed by atoms with van der Waals surface area (Å²) in [4.78, 5) is 59.1. The van der Waals surface area contributed by atoms with Gasteiger partial charge in [-0.15, -0.1) is 0 Å². The Labute approximate surface area is 285 Å². The molecule has 0 radical (unpaired) electrons. The van der Waals surface area contributed by atoms with E-state index in [0.717, 1.165) is 5.39 Å². The Hall–Kier alpha value is -5.21. The van der Waals surface area contributed by atoms with Gasteiger partial charge in [0.2, 0.25) is 11.8 Å². The number of hydrogen-bond donors (Lipinski definition) is 2. The van der Waals surface area contributed by atoms with E-state index in [1.807, 2.05) is 0 Å². The van der Waals surface area contributed by atoms with Crippen molar-refractivity contribution in [2.45, 2.75) is 57.1 Å². The first-order chi connectivity index (χ1) is 23.8. The third kappa shape index (κ3) is 5.98. The second-order valence-corrected chi connectivity index (χ2v) is 13.5. The normalized spacial score (nSPS) is 18.6. The van der Waals surface area contributed by atoms with Crippen LogP contribution in [0.4, 0.5) is 13.6 Å². The molecule has 14 heteroatoms. The van der Waals surface area contributed by atoms with E-state index in [9.17, 15) is 19.2 Å². The highest BCUT2D eigenvalue weighted by Gasteiger charge is 2.52. The van der Waals surface area contributed by atoms with Crippen LogP contribution in [0.25, 0.3) is 22.0 Å². The fourth-order valence-corrected chi connectivity index (χ4v) is 6.77. The number of nitrogens with zero attached hydrogens (tertiary/aromatic N) is 3. The summed E-state index contributed by atoms with van der Waals surface area (Å²) in [6.45, 7) is 5.24. The van der Waals surface area contributed by atoms with Crippen molar-refractivity contribution in [2.24, 2.45) is 0 Å². The van der Waals surface area contributed by atoms with E-state index in [-0.39, 0.29) is 55.0 Å². The van der Waals surface area contributed by atoms with E-state index in [4.69, 9.17) is 14.2 Å². The quantitative estimate of drug-likeness (QED) is 0.305. The molecule has 50 heavy (non-hydrogen) atoms. The lowest BCUT2D eigenvalue weighted by atomic mass is 10.0. The minimum Gasteiger partial charge on any atom is -0.443 e. The Balaban J connectivity index is 1.06. The van der Waals surface area contributed by atoms with Crippen LogP contribution in [0.1, 0.15) is 54.4 Å². The fraction of sp³-hybridized carbons (Fsp3) is 0.361. The van der Waals surface area contributed by atoms with Crippen molar-refractivity contribution in [3.63, 3.8) is 0 Å². The summed E-state index contributed by atoms with van der Waals surface area (Å²) in [6, 6.07) is 12.5. The molecule has 2 aromatic heterocycles. The molecule has 4 heterocycles. The maximum atomic E-state index is 15.0. The van der Waals surface area contributed by atoms with Crippen molar-refractivity contribution in [1.82, 2.24) is 25.1 Å². The lowest BCUT2D eigenvalue weighted by Crippen LogP contribution is -2.49. The molecule has 3 amide bonds. The average Bonchev–Trinajstić information content (AvgIpc) is 3.85. The molecular formula is C36H35F2N5O7. The van der Waals surface area contributed by atoms with E-state index in [0.29, 0.717) is 16.8 Å². The van der Waals surface area contributed by atoms with Gasteiger partial charge in [0, 0.05) is 40.4 Å². The predicted molar refractivity (Wildman–Crippen MR) is 175 cm³/mol. The summed E-state index contributed by atoms with van der Waals surface area (Å²) >= 11 is 0. The van der Waals surface area contributed by atoms with Gasteiger partial charge in [-0.2, -0.15) is 8.78 Å². The van der Waals surface area contributed by atoms with Crippen LogP contribution in [0.2, 0.25) is 0 Å². The minimum atomic E-state index is -3.19. The molecule has 7 rings (SSSR count). The van der Waals surface area contributed by atoms with E-state index in [1.54, 1.807) is 51.2 Å². The van der Waals surface area contributed by atoms with Gasteiger partial charge in [0.15, 0.2) is 5.79 Å². The Morgan fingerprint density at radius 3 is 2.48 bits per heavy atom. The Morgan fingerprint density at radius 1 is 0.980 bits per heavy atom. The smallest absolute Gasteiger partial charge is 0.419 e. The molecule has 0 unspecified atom stereocenters. The number of nitrogens with one attached hydrogen (secondary N) is 2. The molecule has 3 aliphatic rings. The van der Waals surface area contributed by atoms with Crippen molar-refractivity contribution < 1.29 is 42.2 Å². The minimum absolute atomic E-state index is 0.0473. The zero-order valence-electron chi connectivity index (χ0n) is 27.6. The summed E-state index contributed by atoms with van der Waals surface area (Å²) in [5.74, 6) is -6.09. The maximum Gasteiger partial charge on any atom is 0.419 e. The van der Waals surface area contributed by atoms with Gasteiger partial charge in [-0.25, -0.2) is 9.36 Å². The van der Waals surface area contributed by atoms with Gasteiger partial charge in [-0.1, -0.05) is 30.3 Å². The maximum absolute atomic E-state index is 15.0. The third-order valence-corrected chi connectivity index (χ3v) is 9.01. The molecular weight excluding hydrogens is 652 g/mol. The molecule has 2 N–H and O–H groups in total. The summed E-state index contributed by atoms with van der Waals surface area (Å²) in [6.07, 6.45) is 2.54. The van der Waals surface area contributed by atoms with Crippen LogP contribution in [-0.2, 0) is 36.3 Å². The predicted octanol–water partition coefficient (Wildman–Crippen LogP) is 4.33. The van der Waals surface area contributed by atoms with Gasteiger partial charge in [0.1, 0.15) is 11.6 Å². The van der Waals surface area contributed by atoms with E-state index in [2.05, 4.69) is 15.6 Å². The number of likely N-dealkylation sites (tertiary alicyclic amines) is 1. The molecule has 260 valence electrons. The fourth-order valence-electron chi connectivity index (χ4n) is 6.77. The van der Waals surface area contributed by atoms with E-state index in [1.165, 1.54) is 46.0 Å². The summed E-state index contributed by atoms with van der Waals surface area (Å²) in [5.41, 5.74) is 0.553. The molecule has 0 bridgehead atoms. The van der Waals surface area contributed by atoms with E-state index < -0.39 is 53.7 Å². The van der Waals surface area contributed by atoms with Crippen molar-refractivity contribution in [2.75, 3.05) is 26.3 Å². The highest BCUT2D eigenvalue weighted by molar-refractivity contribution is 5.99. The van der Waals surface area contributed by atoms with Gasteiger partial charge in [0.05, 0.1) is 44.6 Å². The largest absolute Gasteiger partial charge is 0.443 e. The standard InChI is InChI=1S/C36H35F2N5O7/c1-34(2,3)50-33(47)43-23(14-21-10-11-39-18-29(21)43)17-40-32(46)28-16-35(48-12-13-49-35)20-42(28)30(44)19-41-31(45)22-8-9-27-25(15-22)24-6-4-5-7-26(24)36(27,37)38/h4-11,14-15,18,28H,12-13,16-17,19-20H2,1-3H3,(H,40,46)(H,41,45)/t28-/m0/s1. The number of carbonyl (C=O) groups is 4. The van der Waals surface area contributed by atoms with Gasteiger partial charge in [-0.05, 0) is 56.2 Å². The van der Waals surface area contributed by atoms with Crippen molar-refractivity contribution in [3.05, 3.63) is 89.4 Å². The number of carbonyl (C=O) groups excluding carboxylic acids is 4. The van der Waals surface area contributed by atoms with Crippen molar-refractivity contribution in [1.29, 1.82) is 0 Å². The number of alkyl halides is 2. The first-order valence-electron chi connectivity index (χ1n) is 16.2. The van der Waals surface area contributed by atoms with Gasteiger partial charge in [-0.3, -0.25) is 19.4 Å². The van der Waals surface area contributed by atoms with Crippen molar-refractivity contribution in [3.8, 4) is 11.1 Å². The molecule has 2 aromatic carbocycles. The van der Waals surface area contributed by atoms with Gasteiger partial charge < -0.3 is 29.7 Å².